The van der Waals surface area contributed by atoms with Crippen LogP contribution < -0.4 is 5.32 Å². The van der Waals surface area contributed by atoms with Crippen LogP contribution in [0.25, 0.3) is 0 Å². The highest BCUT2D eigenvalue weighted by atomic mass is 35.5. The Morgan fingerprint density at radius 1 is 1.31 bits per heavy atom. The smallest absolute Gasteiger partial charge is 0.324 e. The van der Waals surface area contributed by atoms with Crippen LogP contribution in [0.1, 0.15) is 39.0 Å². The van der Waals surface area contributed by atoms with E-state index >= 15 is 0 Å². The second-order valence-electron chi connectivity index (χ2n) is 4.31. The zero-order valence-electron chi connectivity index (χ0n) is 9.83. The summed E-state index contributed by atoms with van der Waals surface area (Å²) >= 11 is 5.58. The van der Waals surface area contributed by atoms with Crippen molar-refractivity contribution in [1.82, 2.24) is 10.2 Å². The number of imide groups is 1. The van der Waals surface area contributed by atoms with Crippen molar-refractivity contribution in [2.75, 3.05) is 7.05 Å². The van der Waals surface area contributed by atoms with E-state index in [1.165, 1.54) is 6.42 Å². The quantitative estimate of drug-likeness (QED) is 0.759. The summed E-state index contributed by atoms with van der Waals surface area (Å²) in [4.78, 5) is 24.6. The predicted octanol–water partition coefficient (Wildman–Crippen LogP) is 2.11. The van der Waals surface area contributed by atoms with E-state index in [0.29, 0.717) is 0 Å². The third-order valence-corrected chi connectivity index (χ3v) is 3.23. The van der Waals surface area contributed by atoms with Crippen molar-refractivity contribution in [2.45, 2.75) is 50.4 Å². The van der Waals surface area contributed by atoms with Crippen molar-refractivity contribution in [3.63, 3.8) is 0 Å². The number of carbonyl (C=O) groups is 2. The number of hydrogen-bond acceptors (Lipinski definition) is 2. The Labute approximate surface area is 101 Å². The number of nitrogens with zero attached hydrogens (tertiary/aromatic N) is 1. The minimum absolute atomic E-state index is 0.257. The molecule has 16 heavy (non-hydrogen) atoms. The molecule has 1 unspecified atom stereocenters. The van der Waals surface area contributed by atoms with Gasteiger partial charge in [0.2, 0.25) is 5.91 Å². The molecule has 0 spiro atoms. The molecule has 1 N–H and O–H groups in total. The van der Waals surface area contributed by atoms with Gasteiger partial charge in [-0.1, -0.05) is 19.3 Å². The number of alkyl halides is 1. The van der Waals surface area contributed by atoms with Gasteiger partial charge in [-0.3, -0.25) is 10.1 Å². The van der Waals surface area contributed by atoms with Gasteiger partial charge in [0.1, 0.15) is 5.38 Å². The van der Waals surface area contributed by atoms with Crippen molar-refractivity contribution in [2.24, 2.45) is 0 Å². The first-order chi connectivity index (χ1) is 7.52. The van der Waals surface area contributed by atoms with Crippen LogP contribution in [0.3, 0.4) is 0 Å². The Morgan fingerprint density at radius 3 is 2.38 bits per heavy atom. The van der Waals surface area contributed by atoms with Gasteiger partial charge < -0.3 is 4.90 Å². The number of hydrogen-bond donors (Lipinski definition) is 1. The fourth-order valence-corrected chi connectivity index (χ4v) is 1.98. The largest absolute Gasteiger partial charge is 0.325 e. The fourth-order valence-electron chi connectivity index (χ4n) is 1.93. The molecule has 1 aliphatic carbocycles. The van der Waals surface area contributed by atoms with E-state index in [-0.39, 0.29) is 12.1 Å². The Bertz CT molecular complexity index is 263. The molecule has 1 saturated carbocycles. The maximum absolute atomic E-state index is 11.7. The van der Waals surface area contributed by atoms with Crippen LogP contribution in [-0.4, -0.2) is 35.3 Å². The predicted molar refractivity (Wildman–Crippen MR) is 63.5 cm³/mol. The summed E-state index contributed by atoms with van der Waals surface area (Å²) in [6.45, 7) is 1.55. The summed E-state index contributed by atoms with van der Waals surface area (Å²) in [5, 5.41) is 1.62. The fraction of sp³-hybridized carbons (Fsp3) is 0.818. The highest BCUT2D eigenvalue weighted by Crippen LogP contribution is 2.21. The van der Waals surface area contributed by atoms with Gasteiger partial charge in [0.25, 0.3) is 0 Å². The Hall–Kier alpha value is -0.770. The molecule has 1 aliphatic rings. The molecule has 0 aromatic carbocycles. The number of urea groups is 1. The third kappa shape index (κ3) is 3.67. The van der Waals surface area contributed by atoms with Crippen LogP contribution in [0.2, 0.25) is 0 Å². The monoisotopic (exact) mass is 246 g/mol. The Balaban J connectivity index is 2.43. The van der Waals surface area contributed by atoms with Crippen molar-refractivity contribution in [1.29, 1.82) is 0 Å². The van der Waals surface area contributed by atoms with Gasteiger partial charge in [0, 0.05) is 13.1 Å². The summed E-state index contributed by atoms with van der Waals surface area (Å²) in [6.07, 6.45) is 5.59. The minimum atomic E-state index is -0.677. The highest BCUT2D eigenvalue weighted by molar-refractivity contribution is 6.31. The number of rotatable bonds is 2. The summed E-state index contributed by atoms with van der Waals surface area (Å²) in [5.74, 6) is -0.436. The number of amides is 3. The second-order valence-corrected chi connectivity index (χ2v) is 4.97. The van der Waals surface area contributed by atoms with E-state index < -0.39 is 11.3 Å². The second kappa shape index (κ2) is 6.09. The molecule has 4 nitrogen and oxygen atoms in total. The van der Waals surface area contributed by atoms with Gasteiger partial charge in [0.05, 0.1) is 0 Å². The number of halogens is 1. The Morgan fingerprint density at radius 2 is 1.88 bits per heavy atom. The van der Waals surface area contributed by atoms with E-state index in [2.05, 4.69) is 5.32 Å². The molecule has 0 aromatic heterocycles. The van der Waals surface area contributed by atoms with Crippen LogP contribution in [0.4, 0.5) is 4.79 Å². The maximum Gasteiger partial charge on any atom is 0.324 e. The van der Waals surface area contributed by atoms with Gasteiger partial charge in [-0.15, -0.1) is 11.6 Å². The van der Waals surface area contributed by atoms with Crippen molar-refractivity contribution < 1.29 is 9.59 Å². The zero-order chi connectivity index (χ0) is 12.1. The highest BCUT2D eigenvalue weighted by Gasteiger charge is 2.23. The minimum Gasteiger partial charge on any atom is -0.325 e. The van der Waals surface area contributed by atoms with E-state index in [1.807, 2.05) is 0 Å². The molecule has 0 bridgehead atoms. The first-order valence-electron chi connectivity index (χ1n) is 5.74. The SMILES string of the molecule is CC(Cl)C(=O)NC(=O)N(C)C1CCCCC1. The lowest BCUT2D eigenvalue weighted by Crippen LogP contribution is -2.47. The van der Waals surface area contributed by atoms with Gasteiger partial charge in [0.15, 0.2) is 0 Å². The van der Waals surface area contributed by atoms with Gasteiger partial charge in [-0.2, -0.15) is 0 Å². The van der Waals surface area contributed by atoms with Crippen molar-refractivity contribution in [3.8, 4) is 0 Å². The molecule has 1 rings (SSSR count). The van der Waals surface area contributed by atoms with Gasteiger partial charge in [-0.05, 0) is 19.8 Å². The molecule has 0 saturated heterocycles. The third-order valence-electron chi connectivity index (χ3n) is 3.03. The molecular formula is C11H19ClN2O2. The van der Waals surface area contributed by atoms with Crippen LogP contribution >= 0.6 is 11.6 Å². The normalized spacial score (nSPS) is 18.9. The number of nitrogens with one attached hydrogen (secondary N) is 1. The summed E-state index contributed by atoms with van der Waals surface area (Å²) in [6, 6.07) is -0.0865. The maximum atomic E-state index is 11.7. The lowest BCUT2D eigenvalue weighted by Gasteiger charge is -2.31. The molecular weight excluding hydrogens is 228 g/mol. The molecule has 0 radical (unpaired) electrons. The molecule has 3 amide bonds. The van der Waals surface area contributed by atoms with Crippen molar-refractivity contribution in [3.05, 3.63) is 0 Å². The van der Waals surface area contributed by atoms with Crippen LogP contribution in [0.5, 0.6) is 0 Å². The van der Waals surface area contributed by atoms with E-state index in [9.17, 15) is 9.59 Å². The number of carbonyl (C=O) groups excluding carboxylic acids is 2. The summed E-state index contributed by atoms with van der Waals surface area (Å²) < 4.78 is 0. The van der Waals surface area contributed by atoms with Crippen LogP contribution in [-0.2, 0) is 4.79 Å². The molecule has 92 valence electrons. The molecule has 1 atom stereocenters. The van der Waals surface area contributed by atoms with E-state index in [0.717, 1.165) is 25.7 Å². The molecule has 0 aliphatic heterocycles. The topological polar surface area (TPSA) is 49.4 Å². The molecule has 0 aromatic rings. The van der Waals surface area contributed by atoms with Crippen LogP contribution in [0, 0.1) is 0 Å². The standard InChI is InChI=1S/C11H19ClN2O2/c1-8(12)10(15)13-11(16)14(2)9-6-4-3-5-7-9/h8-9H,3-7H2,1-2H3,(H,13,15,16). The summed E-state index contributed by atoms with van der Waals surface area (Å²) in [5.41, 5.74) is 0. The first kappa shape index (κ1) is 13.3. The lowest BCUT2D eigenvalue weighted by atomic mass is 9.95. The molecule has 5 heteroatoms. The summed E-state index contributed by atoms with van der Waals surface area (Å²) in [7, 11) is 1.73. The van der Waals surface area contributed by atoms with Crippen LogP contribution in [0.15, 0.2) is 0 Å². The molecule has 1 fully saturated rings. The first-order valence-corrected chi connectivity index (χ1v) is 6.17. The lowest BCUT2D eigenvalue weighted by molar-refractivity contribution is -0.119. The molecule has 0 heterocycles. The zero-order valence-corrected chi connectivity index (χ0v) is 10.6. The van der Waals surface area contributed by atoms with Gasteiger partial charge in [-0.25, -0.2) is 4.79 Å². The van der Waals surface area contributed by atoms with Crippen molar-refractivity contribution >= 4 is 23.5 Å². The average Bonchev–Trinajstić information content (AvgIpc) is 2.28. The van der Waals surface area contributed by atoms with Gasteiger partial charge >= 0.3 is 6.03 Å². The van der Waals surface area contributed by atoms with E-state index in [1.54, 1.807) is 18.9 Å². The van der Waals surface area contributed by atoms with E-state index in [4.69, 9.17) is 11.6 Å². The average molecular weight is 247 g/mol. The Kier molecular flexibility index (Phi) is 5.06.